The van der Waals surface area contributed by atoms with E-state index in [1.165, 1.54) is 0 Å². The minimum Gasteiger partial charge on any atom is -0.372 e. The highest BCUT2D eigenvalue weighted by Gasteiger charge is 2.32. The molecule has 1 aromatic heterocycles. The van der Waals surface area contributed by atoms with Crippen molar-refractivity contribution in [3.63, 3.8) is 0 Å². The van der Waals surface area contributed by atoms with Gasteiger partial charge in [0.2, 0.25) is 5.91 Å². The number of ether oxygens (including phenoxy) is 1. The third kappa shape index (κ3) is 4.63. The largest absolute Gasteiger partial charge is 0.372 e. The zero-order valence-corrected chi connectivity index (χ0v) is 19.9. The first-order valence-electron chi connectivity index (χ1n) is 12.2. The third-order valence-electron chi connectivity index (χ3n) is 6.92. The number of amides is 1. The highest BCUT2D eigenvalue weighted by Crippen LogP contribution is 2.25. The average Bonchev–Trinajstić information content (AvgIpc) is 2.86. The van der Waals surface area contributed by atoms with Gasteiger partial charge < -0.3 is 9.64 Å². The van der Waals surface area contributed by atoms with E-state index in [2.05, 4.69) is 4.90 Å². The van der Waals surface area contributed by atoms with Crippen molar-refractivity contribution in [2.24, 2.45) is 5.92 Å². The van der Waals surface area contributed by atoms with Gasteiger partial charge in [-0.3, -0.25) is 14.5 Å². The van der Waals surface area contributed by atoms with Crippen molar-refractivity contribution in [3.8, 4) is 11.3 Å². The number of rotatable bonds is 4. The third-order valence-corrected chi connectivity index (χ3v) is 6.92. The first kappa shape index (κ1) is 22.7. The first-order chi connectivity index (χ1) is 16.5. The minimum atomic E-state index is -0.0789. The zero-order valence-electron chi connectivity index (χ0n) is 19.9. The number of carbonyl (C=O) groups is 1. The number of fused-ring (bicyclic) bond motifs is 1. The van der Waals surface area contributed by atoms with Crippen LogP contribution in [0.5, 0.6) is 0 Å². The van der Waals surface area contributed by atoms with Crippen LogP contribution < -0.4 is 5.56 Å². The number of likely N-dealkylation sites (tertiary alicyclic amines) is 1. The van der Waals surface area contributed by atoms with Gasteiger partial charge in [-0.15, -0.1) is 0 Å². The summed E-state index contributed by atoms with van der Waals surface area (Å²) in [5.74, 6) is 0.281. The second kappa shape index (κ2) is 9.68. The van der Waals surface area contributed by atoms with Crippen molar-refractivity contribution in [2.45, 2.75) is 45.6 Å². The van der Waals surface area contributed by atoms with Gasteiger partial charge in [-0.1, -0.05) is 48.5 Å². The molecular weight excluding hydrogens is 428 g/mol. The van der Waals surface area contributed by atoms with Crippen LogP contribution in [0.25, 0.3) is 22.0 Å². The van der Waals surface area contributed by atoms with E-state index in [1.807, 2.05) is 73.3 Å². The topological polar surface area (TPSA) is 67.7 Å². The molecule has 7 nitrogen and oxygen atoms in total. The normalized spacial score (nSPS) is 22.2. The van der Waals surface area contributed by atoms with Gasteiger partial charge in [0, 0.05) is 43.0 Å². The molecule has 0 N–H and O–H groups in total. The van der Waals surface area contributed by atoms with E-state index in [0.29, 0.717) is 25.1 Å². The number of benzene rings is 2. The van der Waals surface area contributed by atoms with Crippen LogP contribution in [-0.4, -0.2) is 63.9 Å². The number of carbonyl (C=O) groups excluding carboxylic acids is 1. The first-order valence-corrected chi connectivity index (χ1v) is 12.2. The molecule has 34 heavy (non-hydrogen) atoms. The number of nitrogens with zero attached hydrogens (tertiary/aromatic N) is 4. The van der Waals surface area contributed by atoms with Crippen LogP contribution >= 0.6 is 0 Å². The zero-order chi connectivity index (χ0) is 23.7. The Morgan fingerprint density at radius 2 is 1.56 bits per heavy atom. The molecule has 2 unspecified atom stereocenters. The number of hydrogen-bond donors (Lipinski definition) is 0. The monoisotopic (exact) mass is 460 g/mol. The summed E-state index contributed by atoms with van der Waals surface area (Å²) in [6.45, 7) is 7.36. The Bertz CT molecular complexity index is 1210. The van der Waals surface area contributed by atoms with E-state index < -0.39 is 0 Å². The van der Waals surface area contributed by atoms with Crippen LogP contribution in [0, 0.1) is 5.92 Å². The Labute approximate surface area is 199 Å². The van der Waals surface area contributed by atoms with Gasteiger partial charge in [0.05, 0.1) is 30.0 Å². The molecule has 3 heterocycles. The molecule has 3 aromatic rings. The highest BCUT2D eigenvalue weighted by molar-refractivity contribution is 5.93. The fraction of sp³-hybridized carbons (Fsp3) is 0.444. The molecule has 0 aliphatic carbocycles. The number of morpholine rings is 1. The van der Waals surface area contributed by atoms with Gasteiger partial charge in [0.1, 0.15) is 0 Å². The quantitative estimate of drug-likeness (QED) is 0.597. The molecule has 2 atom stereocenters. The summed E-state index contributed by atoms with van der Waals surface area (Å²) in [5, 5.41) is 6.33. The Kier molecular flexibility index (Phi) is 6.48. The molecule has 2 fully saturated rings. The van der Waals surface area contributed by atoms with Crippen molar-refractivity contribution in [2.75, 3.05) is 26.2 Å². The van der Waals surface area contributed by atoms with Crippen LogP contribution in [0.2, 0.25) is 0 Å². The van der Waals surface area contributed by atoms with Gasteiger partial charge in [0.15, 0.2) is 0 Å². The molecule has 0 radical (unpaired) electrons. The van der Waals surface area contributed by atoms with Crippen molar-refractivity contribution >= 4 is 16.7 Å². The molecule has 1 amide bonds. The lowest BCUT2D eigenvalue weighted by Crippen LogP contribution is -2.51. The minimum absolute atomic E-state index is 0.0370. The smallest absolute Gasteiger partial charge is 0.275 e. The molecule has 178 valence electrons. The Morgan fingerprint density at radius 1 is 0.941 bits per heavy atom. The fourth-order valence-electron chi connectivity index (χ4n) is 5.27. The lowest BCUT2D eigenvalue weighted by molar-refractivity contribution is -0.149. The Morgan fingerprint density at radius 3 is 2.24 bits per heavy atom. The fourth-order valence-corrected chi connectivity index (χ4v) is 5.27. The summed E-state index contributed by atoms with van der Waals surface area (Å²) >= 11 is 0. The molecule has 2 aromatic carbocycles. The van der Waals surface area contributed by atoms with Crippen molar-refractivity contribution in [1.29, 1.82) is 0 Å². The van der Waals surface area contributed by atoms with Crippen LogP contribution in [0.3, 0.4) is 0 Å². The van der Waals surface area contributed by atoms with Crippen molar-refractivity contribution in [3.05, 3.63) is 65.0 Å². The molecule has 2 saturated heterocycles. The molecule has 2 aliphatic heterocycles. The predicted octanol–water partition coefficient (Wildman–Crippen LogP) is 3.37. The summed E-state index contributed by atoms with van der Waals surface area (Å²) in [4.78, 5) is 30.5. The van der Waals surface area contributed by atoms with Crippen molar-refractivity contribution in [1.82, 2.24) is 19.6 Å². The van der Waals surface area contributed by atoms with Gasteiger partial charge in [0.25, 0.3) is 5.56 Å². The standard InChI is InChI=1S/C27H32N4O3/c1-19-16-30(17-20(2)34-19)26(32)22-12-14-29(15-13-22)18-31-27(33)24-11-7-6-10-23(24)25(28-31)21-8-4-3-5-9-21/h3-11,19-20,22H,12-18H2,1-2H3. The Hall–Kier alpha value is -3.03. The van der Waals surface area contributed by atoms with Crippen LogP contribution in [-0.2, 0) is 16.2 Å². The van der Waals surface area contributed by atoms with Gasteiger partial charge >= 0.3 is 0 Å². The molecule has 0 bridgehead atoms. The molecule has 0 spiro atoms. The summed E-state index contributed by atoms with van der Waals surface area (Å²) in [7, 11) is 0. The van der Waals surface area contributed by atoms with E-state index in [9.17, 15) is 9.59 Å². The van der Waals surface area contributed by atoms with E-state index >= 15 is 0 Å². The second-order valence-electron chi connectivity index (χ2n) is 9.60. The Balaban J connectivity index is 1.32. The SMILES string of the molecule is CC1CN(C(=O)C2CCN(Cn3nc(-c4ccccc4)c4ccccc4c3=O)CC2)CC(C)O1. The molecule has 2 aliphatic rings. The summed E-state index contributed by atoms with van der Waals surface area (Å²) < 4.78 is 7.36. The molecule has 0 saturated carbocycles. The van der Waals surface area contributed by atoms with Gasteiger partial charge in [-0.05, 0) is 32.8 Å². The number of aromatic nitrogens is 2. The van der Waals surface area contributed by atoms with Crippen molar-refractivity contribution < 1.29 is 9.53 Å². The average molecular weight is 461 g/mol. The molecule has 7 heteroatoms. The second-order valence-corrected chi connectivity index (χ2v) is 9.60. The van der Waals surface area contributed by atoms with Gasteiger partial charge in [-0.2, -0.15) is 5.10 Å². The summed E-state index contributed by atoms with van der Waals surface area (Å²) in [6.07, 6.45) is 1.76. The van der Waals surface area contributed by atoms with E-state index in [-0.39, 0.29) is 29.6 Å². The van der Waals surface area contributed by atoms with Crippen LogP contribution in [0.15, 0.2) is 59.4 Å². The number of piperidine rings is 1. The van der Waals surface area contributed by atoms with E-state index in [1.54, 1.807) is 4.68 Å². The van der Waals surface area contributed by atoms with E-state index in [4.69, 9.17) is 9.84 Å². The maximum atomic E-state index is 13.2. The summed E-state index contributed by atoms with van der Waals surface area (Å²) in [6, 6.07) is 17.7. The lowest BCUT2D eigenvalue weighted by Gasteiger charge is -2.39. The number of hydrogen-bond acceptors (Lipinski definition) is 5. The van der Waals surface area contributed by atoms with Crippen LogP contribution in [0.4, 0.5) is 0 Å². The molecular formula is C27H32N4O3. The summed E-state index contributed by atoms with van der Waals surface area (Å²) in [5.41, 5.74) is 1.73. The highest BCUT2D eigenvalue weighted by atomic mass is 16.5. The van der Waals surface area contributed by atoms with E-state index in [0.717, 1.165) is 42.6 Å². The van der Waals surface area contributed by atoms with Crippen LogP contribution in [0.1, 0.15) is 26.7 Å². The maximum Gasteiger partial charge on any atom is 0.275 e. The predicted molar refractivity (Wildman–Crippen MR) is 132 cm³/mol. The lowest BCUT2D eigenvalue weighted by atomic mass is 9.95. The molecule has 5 rings (SSSR count). The van der Waals surface area contributed by atoms with Gasteiger partial charge in [-0.25, -0.2) is 4.68 Å². The maximum absolute atomic E-state index is 13.2.